The Morgan fingerprint density at radius 2 is 1.85 bits per heavy atom. The van der Waals surface area contributed by atoms with Crippen molar-refractivity contribution >= 4 is 21.9 Å². The van der Waals surface area contributed by atoms with Crippen molar-refractivity contribution < 1.29 is 24.5 Å². The Balaban J connectivity index is 3.20. The number of carboxylic acid groups (broad SMARTS) is 1. The Kier molecular flexibility index (Phi) is 6.29. The van der Waals surface area contributed by atoms with Gasteiger partial charge in [-0.15, -0.1) is 0 Å². The molecule has 0 radical (unpaired) electrons. The Hall–Kier alpha value is -1.27. The highest BCUT2D eigenvalue weighted by atomic mass is 79.9. The van der Waals surface area contributed by atoms with E-state index in [2.05, 4.69) is 15.9 Å². The molecule has 112 valence electrons. The number of carboxylic acids is 1. The summed E-state index contributed by atoms with van der Waals surface area (Å²) in [5, 5.41) is 19.6. The van der Waals surface area contributed by atoms with Crippen LogP contribution in [0.5, 0.6) is 11.5 Å². The Morgan fingerprint density at radius 1 is 1.30 bits per heavy atom. The SMILES string of the molecule is CCCC(C(=O)O)C(O)c1cc(OC)c(OC)cc1Br. The van der Waals surface area contributed by atoms with Gasteiger partial charge in [-0.25, -0.2) is 0 Å². The highest BCUT2D eigenvalue weighted by Crippen LogP contribution is 2.38. The highest BCUT2D eigenvalue weighted by molar-refractivity contribution is 9.10. The molecule has 0 heterocycles. The predicted molar refractivity (Wildman–Crippen MR) is 78.2 cm³/mol. The zero-order valence-corrected chi connectivity index (χ0v) is 13.3. The lowest BCUT2D eigenvalue weighted by Gasteiger charge is -2.21. The average Bonchev–Trinajstić information content (AvgIpc) is 2.43. The molecular weight excluding hydrogens is 328 g/mol. The van der Waals surface area contributed by atoms with E-state index in [0.29, 0.717) is 34.4 Å². The fourth-order valence-corrected chi connectivity index (χ4v) is 2.60. The molecule has 0 saturated heterocycles. The maximum atomic E-state index is 11.3. The van der Waals surface area contributed by atoms with Crippen molar-refractivity contribution in [2.45, 2.75) is 25.9 Å². The Morgan fingerprint density at radius 3 is 2.30 bits per heavy atom. The lowest BCUT2D eigenvalue weighted by Crippen LogP contribution is -2.22. The van der Waals surface area contributed by atoms with Gasteiger partial charge in [-0.05, 0) is 24.1 Å². The molecule has 0 aliphatic carbocycles. The lowest BCUT2D eigenvalue weighted by atomic mass is 9.92. The summed E-state index contributed by atoms with van der Waals surface area (Å²) in [7, 11) is 3.00. The third kappa shape index (κ3) is 3.64. The minimum atomic E-state index is -1.11. The first kappa shape index (κ1) is 16.8. The van der Waals surface area contributed by atoms with Crippen molar-refractivity contribution in [2.75, 3.05) is 14.2 Å². The van der Waals surface area contributed by atoms with E-state index in [0.717, 1.165) is 0 Å². The molecule has 0 aromatic heterocycles. The lowest BCUT2D eigenvalue weighted by molar-refractivity contribution is -0.146. The van der Waals surface area contributed by atoms with Crippen molar-refractivity contribution in [3.05, 3.63) is 22.2 Å². The maximum Gasteiger partial charge on any atom is 0.309 e. The first-order valence-electron chi connectivity index (χ1n) is 6.28. The van der Waals surface area contributed by atoms with E-state index < -0.39 is 18.0 Å². The largest absolute Gasteiger partial charge is 0.493 e. The molecule has 0 aliphatic rings. The van der Waals surface area contributed by atoms with Crippen molar-refractivity contribution in [3.8, 4) is 11.5 Å². The van der Waals surface area contributed by atoms with Gasteiger partial charge in [0.2, 0.25) is 0 Å². The molecule has 0 bridgehead atoms. The van der Waals surface area contributed by atoms with Gasteiger partial charge in [-0.3, -0.25) is 4.79 Å². The maximum absolute atomic E-state index is 11.3. The third-order valence-corrected chi connectivity index (χ3v) is 3.81. The second-order valence-corrected chi connectivity index (χ2v) is 5.26. The third-order valence-electron chi connectivity index (χ3n) is 3.12. The summed E-state index contributed by atoms with van der Waals surface area (Å²) in [6.45, 7) is 1.88. The standard InChI is InChI=1S/C14H19BrO5/c1-4-5-8(14(17)18)13(16)9-6-11(19-2)12(20-3)7-10(9)15/h6-8,13,16H,4-5H2,1-3H3,(H,17,18). The molecular formula is C14H19BrO5. The van der Waals surface area contributed by atoms with Gasteiger partial charge < -0.3 is 19.7 Å². The van der Waals surface area contributed by atoms with Crippen LogP contribution in [0.15, 0.2) is 16.6 Å². The topological polar surface area (TPSA) is 76.0 Å². The van der Waals surface area contributed by atoms with E-state index in [1.165, 1.54) is 14.2 Å². The van der Waals surface area contributed by atoms with Gasteiger partial charge in [-0.2, -0.15) is 0 Å². The van der Waals surface area contributed by atoms with E-state index in [4.69, 9.17) is 9.47 Å². The number of rotatable bonds is 7. The number of aliphatic hydroxyl groups is 1. The van der Waals surface area contributed by atoms with E-state index in [1.807, 2.05) is 6.92 Å². The molecule has 1 rings (SSSR count). The first-order chi connectivity index (χ1) is 9.46. The van der Waals surface area contributed by atoms with Crippen molar-refractivity contribution in [1.29, 1.82) is 0 Å². The highest BCUT2D eigenvalue weighted by Gasteiger charge is 2.29. The molecule has 5 nitrogen and oxygen atoms in total. The van der Waals surface area contributed by atoms with Gasteiger partial charge in [0.1, 0.15) is 0 Å². The molecule has 2 atom stereocenters. The van der Waals surface area contributed by atoms with Crippen LogP contribution in [0.1, 0.15) is 31.4 Å². The molecule has 1 aromatic rings. The van der Waals surface area contributed by atoms with E-state index >= 15 is 0 Å². The molecule has 2 N–H and O–H groups in total. The monoisotopic (exact) mass is 346 g/mol. The molecule has 0 spiro atoms. The van der Waals surface area contributed by atoms with Crippen LogP contribution in [0.2, 0.25) is 0 Å². The summed E-state index contributed by atoms with van der Waals surface area (Å²) in [5.74, 6) is -0.904. The zero-order chi connectivity index (χ0) is 15.3. The van der Waals surface area contributed by atoms with E-state index in [-0.39, 0.29) is 0 Å². The Labute approximate surface area is 126 Å². The quantitative estimate of drug-likeness (QED) is 0.793. The summed E-state index contributed by atoms with van der Waals surface area (Å²) < 4.78 is 10.9. The number of aliphatic hydroxyl groups excluding tert-OH is 1. The minimum Gasteiger partial charge on any atom is -0.493 e. The molecule has 1 aromatic carbocycles. The van der Waals surface area contributed by atoms with Gasteiger partial charge in [0.25, 0.3) is 0 Å². The summed E-state index contributed by atoms with van der Waals surface area (Å²) in [4.78, 5) is 11.3. The van der Waals surface area contributed by atoms with Crippen molar-refractivity contribution in [2.24, 2.45) is 5.92 Å². The molecule has 2 unspecified atom stereocenters. The van der Waals surface area contributed by atoms with E-state index in [1.54, 1.807) is 12.1 Å². The zero-order valence-electron chi connectivity index (χ0n) is 11.7. The molecule has 0 amide bonds. The fraction of sp³-hybridized carbons (Fsp3) is 0.500. The van der Waals surface area contributed by atoms with Crippen molar-refractivity contribution in [3.63, 3.8) is 0 Å². The summed E-state index contributed by atoms with van der Waals surface area (Å²) in [6.07, 6.45) is -0.0300. The van der Waals surface area contributed by atoms with Crippen LogP contribution in [0, 0.1) is 5.92 Å². The van der Waals surface area contributed by atoms with Crippen LogP contribution < -0.4 is 9.47 Å². The summed E-state index contributed by atoms with van der Waals surface area (Å²) in [6, 6.07) is 3.25. The molecule has 0 saturated carbocycles. The fourth-order valence-electron chi connectivity index (χ4n) is 2.04. The van der Waals surface area contributed by atoms with Gasteiger partial charge in [0.15, 0.2) is 11.5 Å². The van der Waals surface area contributed by atoms with Gasteiger partial charge in [0.05, 0.1) is 26.2 Å². The molecule has 20 heavy (non-hydrogen) atoms. The van der Waals surface area contributed by atoms with Crippen molar-refractivity contribution in [1.82, 2.24) is 0 Å². The number of methoxy groups -OCH3 is 2. The van der Waals surface area contributed by atoms with Crippen LogP contribution in [-0.4, -0.2) is 30.4 Å². The number of carbonyl (C=O) groups is 1. The summed E-state index contributed by atoms with van der Waals surface area (Å²) in [5.41, 5.74) is 0.475. The number of hydrogen-bond donors (Lipinski definition) is 2. The Bertz CT molecular complexity index is 475. The normalized spacial score (nSPS) is 13.7. The molecule has 0 aliphatic heterocycles. The number of benzene rings is 1. The predicted octanol–water partition coefficient (Wildman–Crippen LogP) is 3.00. The average molecular weight is 347 g/mol. The second-order valence-electron chi connectivity index (χ2n) is 4.41. The second kappa shape index (κ2) is 7.50. The van der Waals surface area contributed by atoms with Crippen LogP contribution >= 0.6 is 15.9 Å². The number of aliphatic carboxylic acids is 1. The van der Waals surface area contributed by atoms with Crippen LogP contribution in [0.3, 0.4) is 0 Å². The minimum absolute atomic E-state index is 0.400. The number of halogens is 1. The first-order valence-corrected chi connectivity index (χ1v) is 7.07. The number of hydrogen-bond acceptors (Lipinski definition) is 4. The molecule has 6 heteroatoms. The van der Waals surface area contributed by atoms with Crippen LogP contribution in [-0.2, 0) is 4.79 Å². The molecule has 0 fully saturated rings. The van der Waals surface area contributed by atoms with Crippen LogP contribution in [0.25, 0.3) is 0 Å². The van der Waals surface area contributed by atoms with Crippen LogP contribution in [0.4, 0.5) is 0 Å². The van der Waals surface area contributed by atoms with Gasteiger partial charge in [0, 0.05) is 4.47 Å². The number of ether oxygens (including phenoxy) is 2. The summed E-state index contributed by atoms with van der Waals surface area (Å²) >= 11 is 3.33. The smallest absolute Gasteiger partial charge is 0.309 e. The van der Waals surface area contributed by atoms with Gasteiger partial charge in [-0.1, -0.05) is 29.3 Å². The van der Waals surface area contributed by atoms with E-state index in [9.17, 15) is 15.0 Å². The van der Waals surface area contributed by atoms with Gasteiger partial charge >= 0.3 is 5.97 Å².